The molecule has 0 radical (unpaired) electrons. The Morgan fingerprint density at radius 1 is 1.00 bits per heavy atom. The lowest BCUT2D eigenvalue weighted by Gasteiger charge is -2.43. The summed E-state index contributed by atoms with van der Waals surface area (Å²) in [4.78, 5) is 29.7. The molecule has 3 aromatic rings. The van der Waals surface area contributed by atoms with Crippen LogP contribution in [-0.4, -0.2) is 55.1 Å². The standard InChI is InChI=1S/C26H27FN4O2/c27-22-7-9-23(10-8-22)31-18-29-25(33)26(31)11-14-30(15-12-26)16-13-28-24(32)21-6-5-19-3-1-2-4-20(19)17-21/h1-10,17H,11-16,18H2,(H,28,32)(H,29,33). The zero-order valence-corrected chi connectivity index (χ0v) is 18.4. The molecule has 0 saturated carbocycles. The van der Waals surface area contributed by atoms with Gasteiger partial charge in [-0.2, -0.15) is 0 Å². The van der Waals surface area contributed by atoms with Gasteiger partial charge in [0.25, 0.3) is 5.91 Å². The topological polar surface area (TPSA) is 64.7 Å². The van der Waals surface area contributed by atoms with Crippen molar-refractivity contribution in [3.63, 3.8) is 0 Å². The van der Waals surface area contributed by atoms with E-state index in [1.165, 1.54) is 12.1 Å². The van der Waals surface area contributed by atoms with Crippen molar-refractivity contribution in [3.8, 4) is 0 Å². The fourth-order valence-corrected chi connectivity index (χ4v) is 4.95. The number of carbonyl (C=O) groups excluding carboxylic acids is 2. The monoisotopic (exact) mass is 446 g/mol. The number of nitrogens with zero attached hydrogens (tertiary/aromatic N) is 2. The van der Waals surface area contributed by atoms with Crippen LogP contribution < -0.4 is 15.5 Å². The summed E-state index contributed by atoms with van der Waals surface area (Å²) >= 11 is 0. The van der Waals surface area contributed by atoms with E-state index in [-0.39, 0.29) is 17.6 Å². The summed E-state index contributed by atoms with van der Waals surface area (Å²) in [6.07, 6.45) is 1.38. The number of hydrogen-bond donors (Lipinski definition) is 2. The van der Waals surface area contributed by atoms with Crippen molar-refractivity contribution in [2.45, 2.75) is 18.4 Å². The number of hydrogen-bond acceptors (Lipinski definition) is 4. The largest absolute Gasteiger partial charge is 0.351 e. The van der Waals surface area contributed by atoms with Crippen molar-refractivity contribution >= 4 is 28.3 Å². The maximum atomic E-state index is 13.4. The Kier molecular flexibility index (Phi) is 5.72. The minimum Gasteiger partial charge on any atom is -0.351 e. The molecule has 0 atom stereocenters. The minimum atomic E-state index is -0.595. The Balaban J connectivity index is 1.16. The van der Waals surface area contributed by atoms with Crippen LogP contribution in [0.1, 0.15) is 23.2 Å². The summed E-state index contributed by atoms with van der Waals surface area (Å²) in [7, 11) is 0. The first-order valence-corrected chi connectivity index (χ1v) is 11.4. The highest BCUT2D eigenvalue weighted by Gasteiger charge is 2.50. The van der Waals surface area contributed by atoms with Crippen LogP contribution in [0, 0.1) is 5.82 Å². The number of nitrogens with one attached hydrogen (secondary N) is 2. The molecule has 2 amide bonds. The summed E-state index contributed by atoms with van der Waals surface area (Å²) in [6, 6.07) is 20.0. The van der Waals surface area contributed by atoms with Gasteiger partial charge in [0, 0.05) is 37.4 Å². The van der Waals surface area contributed by atoms with Gasteiger partial charge in [0.2, 0.25) is 5.91 Å². The number of amides is 2. The first-order valence-electron chi connectivity index (χ1n) is 11.4. The third kappa shape index (κ3) is 4.16. The molecule has 0 unspecified atom stereocenters. The van der Waals surface area contributed by atoms with E-state index in [1.807, 2.05) is 42.5 Å². The highest BCUT2D eigenvalue weighted by atomic mass is 19.1. The third-order valence-electron chi connectivity index (χ3n) is 6.88. The zero-order valence-electron chi connectivity index (χ0n) is 18.4. The lowest BCUT2D eigenvalue weighted by molar-refractivity contribution is -0.125. The van der Waals surface area contributed by atoms with Gasteiger partial charge in [0.05, 0.1) is 6.67 Å². The first-order chi connectivity index (χ1) is 16.0. The number of fused-ring (bicyclic) bond motifs is 1. The molecule has 1 spiro atoms. The number of anilines is 1. The summed E-state index contributed by atoms with van der Waals surface area (Å²) < 4.78 is 13.4. The Morgan fingerprint density at radius 3 is 2.48 bits per heavy atom. The molecule has 5 rings (SSSR count). The molecule has 2 fully saturated rings. The molecule has 2 N–H and O–H groups in total. The molecule has 2 aliphatic rings. The van der Waals surface area contributed by atoms with Gasteiger partial charge in [-0.3, -0.25) is 9.59 Å². The lowest BCUT2D eigenvalue weighted by atomic mass is 9.85. The molecule has 3 aromatic carbocycles. The number of rotatable bonds is 5. The Hall–Kier alpha value is -3.45. The lowest BCUT2D eigenvalue weighted by Crippen LogP contribution is -2.57. The van der Waals surface area contributed by atoms with Gasteiger partial charge >= 0.3 is 0 Å². The van der Waals surface area contributed by atoms with Gasteiger partial charge in [-0.1, -0.05) is 30.3 Å². The van der Waals surface area contributed by atoms with Gasteiger partial charge < -0.3 is 20.4 Å². The Labute approximate surface area is 192 Å². The van der Waals surface area contributed by atoms with Crippen molar-refractivity contribution in [1.82, 2.24) is 15.5 Å². The van der Waals surface area contributed by atoms with Gasteiger partial charge in [-0.05, 0) is 60.0 Å². The maximum absolute atomic E-state index is 13.4. The average molecular weight is 447 g/mol. The number of benzene rings is 3. The molecule has 33 heavy (non-hydrogen) atoms. The fraction of sp³-hybridized carbons (Fsp3) is 0.308. The van der Waals surface area contributed by atoms with E-state index < -0.39 is 5.54 Å². The fourth-order valence-electron chi connectivity index (χ4n) is 4.95. The van der Waals surface area contributed by atoms with Crippen molar-refractivity contribution in [2.24, 2.45) is 0 Å². The van der Waals surface area contributed by atoms with Gasteiger partial charge in [-0.15, -0.1) is 0 Å². The SMILES string of the molecule is O=C(NCCN1CCC2(CC1)C(=O)NCN2c1ccc(F)cc1)c1ccc2ccccc2c1. The second kappa shape index (κ2) is 8.83. The van der Waals surface area contributed by atoms with Gasteiger partial charge in [0.15, 0.2) is 0 Å². The van der Waals surface area contributed by atoms with Crippen LogP contribution in [0.2, 0.25) is 0 Å². The predicted octanol–water partition coefficient (Wildman–Crippen LogP) is 3.14. The van der Waals surface area contributed by atoms with E-state index in [9.17, 15) is 14.0 Å². The second-order valence-corrected chi connectivity index (χ2v) is 8.76. The highest BCUT2D eigenvalue weighted by molar-refractivity contribution is 5.98. The van der Waals surface area contributed by atoms with Crippen molar-refractivity contribution in [2.75, 3.05) is 37.7 Å². The van der Waals surface area contributed by atoms with E-state index >= 15 is 0 Å². The van der Waals surface area contributed by atoms with E-state index in [2.05, 4.69) is 20.4 Å². The molecule has 7 heteroatoms. The molecule has 2 saturated heterocycles. The molecule has 170 valence electrons. The Bertz CT molecular complexity index is 1170. The third-order valence-corrected chi connectivity index (χ3v) is 6.88. The van der Waals surface area contributed by atoms with E-state index in [0.717, 1.165) is 36.1 Å². The van der Waals surface area contributed by atoms with Crippen LogP contribution in [0.3, 0.4) is 0 Å². The Morgan fingerprint density at radius 2 is 1.73 bits per heavy atom. The van der Waals surface area contributed by atoms with Crippen LogP contribution >= 0.6 is 0 Å². The molecule has 6 nitrogen and oxygen atoms in total. The van der Waals surface area contributed by atoms with E-state index in [1.54, 1.807) is 12.1 Å². The summed E-state index contributed by atoms with van der Waals surface area (Å²) in [6.45, 7) is 3.24. The van der Waals surface area contributed by atoms with E-state index in [4.69, 9.17) is 0 Å². The van der Waals surface area contributed by atoms with Crippen LogP contribution in [0.25, 0.3) is 10.8 Å². The quantitative estimate of drug-likeness (QED) is 0.632. The van der Waals surface area contributed by atoms with Crippen LogP contribution in [0.5, 0.6) is 0 Å². The maximum Gasteiger partial charge on any atom is 0.251 e. The van der Waals surface area contributed by atoms with E-state index in [0.29, 0.717) is 31.6 Å². The van der Waals surface area contributed by atoms with Crippen LogP contribution in [-0.2, 0) is 4.79 Å². The number of likely N-dealkylation sites (tertiary alicyclic amines) is 1. The van der Waals surface area contributed by atoms with Crippen LogP contribution in [0.15, 0.2) is 66.7 Å². The molecular formula is C26H27FN4O2. The predicted molar refractivity (Wildman–Crippen MR) is 127 cm³/mol. The van der Waals surface area contributed by atoms with Crippen molar-refractivity contribution in [3.05, 3.63) is 78.1 Å². The highest BCUT2D eigenvalue weighted by Crippen LogP contribution is 2.36. The first kappa shape index (κ1) is 21.4. The zero-order chi connectivity index (χ0) is 22.8. The average Bonchev–Trinajstić information content (AvgIpc) is 3.16. The van der Waals surface area contributed by atoms with Crippen molar-refractivity contribution in [1.29, 1.82) is 0 Å². The smallest absolute Gasteiger partial charge is 0.251 e. The minimum absolute atomic E-state index is 0.0380. The number of carbonyl (C=O) groups is 2. The molecule has 0 aliphatic carbocycles. The summed E-state index contributed by atoms with van der Waals surface area (Å²) in [5.74, 6) is -0.324. The summed E-state index contributed by atoms with van der Waals surface area (Å²) in [5.41, 5.74) is 0.914. The number of piperidine rings is 1. The molecular weight excluding hydrogens is 419 g/mol. The molecule has 0 aromatic heterocycles. The molecule has 2 aliphatic heterocycles. The molecule has 0 bridgehead atoms. The molecule has 2 heterocycles. The van der Waals surface area contributed by atoms with Crippen LogP contribution in [0.4, 0.5) is 10.1 Å². The van der Waals surface area contributed by atoms with Crippen molar-refractivity contribution < 1.29 is 14.0 Å². The normalized spacial score (nSPS) is 18.0. The van der Waals surface area contributed by atoms with Gasteiger partial charge in [-0.25, -0.2) is 4.39 Å². The van der Waals surface area contributed by atoms with Gasteiger partial charge in [0.1, 0.15) is 11.4 Å². The summed E-state index contributed by atoms with van der Waals surface area (Å²) in [5, 5.41) is 8.14. The second-order valence-electron chi connectivity index (χ2n) is 8.76. The number of halogens is 1.